The van der Waals surface area contributed by atoms with E-state index < -0.39 is 69.4 Å². The standard InChI is InChI=1S/C41H52N8O9S2/c1-22(2)34(46-40(52)57-5)38(50)48-20-28(59(7)54)16-32(48)36-42-18-30(44-36)26-12-8-24(9-13-26)25-10-14-27(15-11-25)31-19-43-37(45-31)33-17-29(60(55)56)21-49(33)39(51)35(23(3)4)47-41(53)58-6/h8-15,18-19,22-23,28-29,32-35,60H,16-17,20-21H2,1-7H3,(H,42,44)(H,43,45)(H,46,52)(H,47,53)/t28-,29-,32-,33-,34-,35-,59?/m0/s1. The van der Waals surface area contributed by atoms with E-state index in [9.17, 15) is 32.1 Å². The Bertz CT molecular complexity index is 2230. The van der Waals surface area contributed by atoms with Crippen molar-refractivity contribution in [2.45, 2.75) is 75.2 Å². The summed E-state index contributed by atoms with van der Waals surface area (Å²) in [7, 11) is -0.351. The molecule has 0 saturated carbocycles. The number of hydrogen-bond donors (Lipinski definition) is 5. The average molecular weight is 865 g/mol. The molecule has 2 aromatic heterocycles. The normalized spacial score (nSPS) is 20.6. The van der Waals surface area contributed by atoms with Crippen molar-refractivity contribution < 1.29 is 41.6 Å². The number of amides is 4. The van der Waals surface area contributed by atoms with Crippen molar-refractivity contribution in [3.63, 3.8) is 0 Å². The van der Waals surface area contributed by atoms with Gasteiger partial charge < -0.3 is 44.4 Å². The van der Waals surface area contributed by atoms with Crippen LogP contribution in [0.5, 0.6) is 0 Å². The molecule has 2 aliphatic rings. The monoisotopic (exact) mass is 864 g/mol. The van der Waals surface area contributed by atoms with E-state index in [0.717, 1.165) is 27.9 Å². The molecule has 7 atom stereocenters. The quantitative estimate of drug-likeness (QED) is 0.0946. The number of thiol groups is 1. The van der Waals surface area contributed by atoms with Gasteiger partial charge in [0.2, 0.25) is 11.8 Å². The topological polar surface area (TPSA) is 232 Å². The number of alkyl carbamates (subject to hydrolysis) is 2. The third kappa shape index (κ3) is 9.63. The molecule has 4 aromatic rings. The Balaban J connectivity index is 1.16. The summed E-state index contributed by atoms with van der Waals surface area (Å²) in [4.78, 5) is 70.6. The molecule has 6 rings (SSSR count). The summed E-state index contributed by atoms with van der Waals surface area (Å²) in [5.41, 5.74) is 5.08. The van der Waals surface area contributed by atoms with Gasteiger partial charge in [-0.25, -0.2) is 28.0 Å². The summed E-state index contributed by atoms with van der Waals surface area (Å²) >= 11 is -1.18. The summed E-state index contributed by atoms with van der Waals surface area (Å²) in [6, 6.07) is 12.9. The van der Waals surface area contributed by atoms with E-state index in [-0.39, 0.29) is 42.5 Å². The van der Waals surface area contributed by atoms with Crippen molar-refractivity contribution >= 4 is 45.9 Å². The summed E-state index contributed by atoms with van der Waals surface area (Å²) in [5.74, 6) is -0.187. The number of nitrogens with zero attached hydrogens (tertiary/aromatic N) is 4. The average Bonchev–Trinajstić information content (AvgIpc) is 4.07. The van der Waals surface area contributed by atoms with Crippen molar-refractivity contribution in [3.05, 3.63) is 72.6 Å². The van der Waals surface area contributed by atoms with Crippen LogP contribution in [-0.4, -0.2) is 123 Å². The molecule has 0 aliphatic carbocycles. The van der Waals surface area contributed by atoms with Gasteiger partial charge in [-0.3, -0.25) is 9.59 Å². The van der Waals surface area contributed by atoms with Crippen LogP contribution in [0, 0.1) is 11.8 Å². The molecular weight excluding hydrogens is 813 g/mol. The molecule has 2 saturated heterocycles. The van der Waals surface area contributed by atoms with Gasteiger partial charge in [-0.1, -0.05) is 87.4 Å². The molecule has 2 aliphatic heterocycles. The number of aromatic nitrogens is 4. The maximum Gasteiger partial charge on any atom is 0.407 e. The van der Waals surface area contributed by atoms with Crippen LogP contribution >= 0.6 is 0 Å². The molecule has 4 N–H and O–H groups in total. The number of H-pyrrole nitrogens is 2. The second-order valence-corrected chi connectivity index (χ2v) is 18.7. The van der Waals surface area contributed by atoms with Gasteiger partial charge in [0.1, 0.15) is 39.7 Å². The molecule has 17 nitrogen and oxygen atoms in total. The predicted molar refractivity (Wildman–Crippen MR) is 225 cm³/mol. The number of rotatable bonds is 13. The molecule has 322 valence electrons. The van der Waals surface area contributed by atoms with Gasteiger partial charge in [0, 0.05) is 13.0 Å². The van der Waals surface area contributed by atoms with Gasteiger partial charge in [-0.05, 0) is 40.5 Å². The van der Waals surface area contributed by atoms with Crippen molar-refractivity contribution in [1.29, 1.82) is 0 Å². The number of carbonyl (C=O) groups excluding carboxylic acids is 4. The highest BCUT2D eigenvalue weighted by Gasteiger charge is 2.45. The second-order valence-electron chi connectivity index (χ2n) is 15.8. The molecule has 2 aromatic carbocycles. The minimum Gasteiger partial charge on any atom is -0.616 e. The van der Waals surface area contributed by atoms with Gasteiger partial charge >= 0.3 is 12.2 Å². The highest BCUT2D eigenvalue weighted by molar-refractivity contribution is 7.91. The molecule has 0 radical (unpaired) electrons. The van der Waals surface area contributed by atoms with Crippen molar-refractivity contribution in [3.8, 4) is 33.6 Å². The van der Waals surface area contributed by atoms with Crippen LogP contribution in [0.4, 0.5) is 9.59 Å². The van der Waals surface area contributed by atoms with Gasteiger partial charge in [0.25, 0.3) is 0 Å². The first-order valence-electron chi connectivity index (χ1n) is 19.7. The fourth-order valence-corrected chi connectivity index (χ4v) is 9.26. The van der Waals surface area contributed by atoms with E-state index in [4.69, 9.17) is 9.47 Å². The van der Waals surface area contributed by atoms with E-state index in [1.54, 1.807) is 37.4 Å². The van der Waals surface area contributed by atoms with Crippen LogP contribution in [0.2, 0.25) is 0 Å². The molecule has 60 heavy (non-hydrogen) atoms. The molecule has 4 amide bonds. The number of methoxy groups -OCH3 is 2. The number of imidazole rings is 2. The Morgan fingerprint density at radius 1 is 0.717 bits per heavy atom. The number of carbonyl (C=O) groups is 4. The lowest BCUT2D eigenvalue weighted by Gasteiger charge is -2.29. The van der Waals surface area contributed by atoms with Crippen molar-refractivity contribution in [2.75, 3.05) is 33.6 Å². The van der Waals surface area contributed by atoms with Gasteiger partial charge in [-0.2, -0.15) is 0 Å². The molecule has 2 fully saturated rings. The minimum atomic E-state index is -2.81. The van der Waals surface area contributed by atoms with E-state index in [0.29, 0.717) is 23.8 Å². The number of likely N-dealkylation sites (tertiary alicyclic amines) is 2. The molecular formula is C41H52N8O9S2. The van der Waals surface area contributed by atoms with Crippen LogP contribution in [-0.2, 0) is 40.9 Å². The largest absolute Gasteiger partial charge is 0.616 e. The fourth-order valence-electron chi connectivity index (χ4n) is 7.76. The lowest BCUT2D eigenvalue weighted by atomic mass is 10.0. The number of hydrogen-bond acceptors (Lipinski definition) is 11. The molecule has 0 bridgehead atoms. The van der Waals surface area contributed by atoms with Crippen LogP contribution in [0.1, 0.15) is 64.3 Å². The molecule has 19 heteroatoms. The first-order valence-corrected chi connectivity index (χ1v) is 22.5. The SMILES string of the molecule is COC(=O)N[C@H](C(=O)N1C[C@@H]([S+](C)[O-])C[C@H]1c1ncc(-c2ccc(-c3ccc(-c4cnc([C@@H]5C[C@H]([SH](=O)=O)CN5C(=O)[C@@H](NC(=O)OC)C(C)C)[nH]4)cc3)cc2)[nH]1)C(C)C. The second kappa shape index (κ2) is 18.9. The first-order chi connectivity index (χ1) is 28.6. The van der Waals surface area contributed by atoms with Crippen LogP contribution in [0.3, 0.4) is 0 Å². The number of ether oxygens (including phenoxy) is 2. The number of benzene rings is 2. The van der Waals surface area contributed by atoms with Crippen molar-refractivity contribution in [2.24, 2.45) is 11.8 Å². The van der Waals surface area contributed by atoms with Crippen LogP contribution in [0.15, 0.2) is 60.9 Å². The zero-order chi connectivity index (χ0) is 43.4. The van der Waals surface area contributed by atoms with E-state index in [1.165, 1.54) is 19.1 Å². The minimum absolute atomic E-state index is 0.0154. The molecule has 0 spiro atoms. The van der Waals surface area contributed by atoms with E-state index in [2.05, 4.69) is 30.6 Å². The van der Waals surface area contributed by atoms with Gasteiger partial charge in [-0.15, -0.1) is 0 Å². The van der Waals surface area contributed by atoms with Crippen LogP contribution in [0.25, 0.3) is 33.6 Å². The zero-order valence-corrected chi connectivity index (χ0v) is 36.3. The summed E-state index contributed by atoms with van der Waals surface area (Å²) in [5, 5.41) is 4.22. The fraction of sp³-hybridized carbons (Fsp3) is 0.463. The zero-order valence-electron chi connectivity index (χ0n) is 34.5. The van der Waals surface area contributed by atoms with E-state index >= 15 is 0 Å². The van der Waals surface area contributed by atoms with E-state index in [1.807, 2.05) is 62.4 Å². The summed E-state index contributed by atoms with van der Waals surface area (Å²) in [6.45, 7) is 7.51. The lowest BCUT2D eigenvalue weighted by molar-refractivity contribution is -0.136. The van der Waals surface area contributed by atoms with Gasteiger partial charge in [0.15, 0.2) is 0 Å². The highest BCUT2D eigenvalue weighted by Crippen LogP contribution is 2.37. The molecule has 1 unspecified atom stereocenters. The van der Waals surface area contributed by atoms with Crippen molar-refractivity contribution in [1.82, 2.24) is 40.4 Å². The third-order valence-corrected chi connectivity index (χ3v) is 13.5. The first kappa shape index (κ1) is 44.2. The maximum atomic E-state index is 13.8. The lowest BCUT2D eigenvalue weighted by Crippen LogP contribution is -2.51. The Labute approximate surface area is 353 Å². The number of aromatic amines is 2. The van der Waals surface area contributed by atoms with Crippen LogP contribution < -0.4 is 10.6 Å². The summed E-state index contributed by atoms with van der Waals surface area (Å²) < 4.78 is 46.2. The summed E-state index contributed by atoms with van der Waals surface area (Å²) in [6.07, 6.45) is 4.17. The highest BCUT2D eigenvalue weighted by atomic mass is 32.2. The smallest absolute Gasteiger partial charge is 0.407 e. The Hall–Kier alpha value is -5.40. The third-order valence-electron chi connectivity index (χ3n) is 11.2. The Morgan fingerprint density at radius 3 is 1.50 bits per heavy atom. The predicted octanol–water partition coefficient (Wildman–Crippen LogP) is 4.17. The number of nitrogens with one attached hydrogen (secondary N) is 4. The Morgan fingerprint density at radius 2 is 1.12 bits per heavy atom. The van der Waals surface area contributed by atoms with Gasteiger partial charge in [0.05, 0.1) is 68.1 Å². The molecule has 4 heterocycles. The maximum absolute atomic E-state index is 13.8. The Kier molecular flexibility index (Phi) is 13.9.